The summed E-state index contributed by atoms with van der Waals surface area (Å²) in [5.41, 5.74) is 1.17. The van der Waals surface area contributed by atoms with E-state index in [1.165, 1.54) is 5.56 Å². The van der Waals surface area contributed by atoms with Crippen molar-refractivity contribution in [3.8, 4) is 0 Å². The van der Waals surface area contributed by atoms with Crippen molar-refractivity contribution < 1.29 is 0 Å². The number of rotatable bonds is 6. The topological polar surface area (TPSA) is 12.0 Å². The lowest BCUT2D eigenvalue weighted by Gasteiger charge is -2.16. The summed E-state index contributed by atoms with van der Waals surface area (Å²) >= 11 is 9.54. The third kappa shape index (κ3) is 4.54. The SMILES string of the molecule is CCC(CCBr)NCc1ccccc1Cl. The maximum absolute atomic E-state index is 6.08. The fourth-order valence-corrected chi connectivity index (χ4v) is 2.23. The molecular weight excluding hydrogens is 273 g/mol. The van der Waals surface area contributed by atoms with Gasteiger partial charge in [0.2, 0.25) is 0 Å². The Morgan fingerprint density at radius 3 is 2.73 bits per heavy atom. The highest BCUT2D eigenvalue weighted by molar-refractivity contribution is 9.09. The van der Waals surface area contributed by atoms with E-state index >= 15 is 0 Å². The molecule has 0 saturated carbocycles. The first-order chi connectivity index (χ1) is 7.27. The molecule has 1 aromatic rings. The first-order valence-electron chi connectivity index (χ1n) is 5.30. The largest absolute Gasteiger partial charge is 0.310 e. The van der Waals surface area contributed by atoms with Gasteiger partial charge in [-0.3, -0.25) is 0 Å². The maximum atomic E-state index is 6.08. The average Bonchev–Trinajstić information content (AvgIpc) is 2.26. The second-order valence-electron chi connectivity index (χ2n) is 3.56. The van der Waals surface area contributed by atoms with Crippen molar-refractivity contribution in [3.05, 3.63) is 34.9 Å². The Labute approximate surface area is 105 Å². The van der Waals surface area contributed by atoms with E-state index in [1.807, 2.05) is 18.2 Å². The molecule has 1 atom stereocenters. The Morgan fingerprint density at radius 1 is 1.40 bits per heavy atom. The minimum Gasteiger partial charge on any atom is -0.310 e. The van der Waals surface area contributed by atoms with Crippen molar-refractivity contribution in [1.29, 1.82) is 0 Å². The standard InChI is InChI=1S/C12H17BrClN/c1-2-11(7-8-13)15-9-10-5-3-4-6-12(10)14/h3-6,11,15H,2,7-9H2,1H3. The predicted octanol–water partition coefficient (Wildman–Crippen LogP) is 3.99. The zero-order valence-corrected chi connectivity index (χ0v) is 11.3. The van der Waals surface area contributed by atoms with Gasteiger partial charge in [0.25, 0.3) is 0 Å². The summed E-state index contributed by atoms with van der Waals surface area (Å²) in [6.07, 6.45) is 2.30. The highest BCUT2D eigenvalue weighted by Gasteiger charge is 2.05. The van der Waals surface area contributed by atoms with E-state index in [9.17, 15) is 0 Å². The van der Waals surface area contributed by atoms with Crippen molar-refractivity contribution >= 4 is 27.5 Å². The number of nitrogens with one attached hydrogen (secondary N) is 1. The summed E-state index contributed by atoms with van der Waals surface area (Å²) in [5, 5.41) is 5.40. The molecule has 0 heterocycles. The average molecular weight is 291 g/mol. The first kappa shape index (κ1) is 13.0. The van der Waals surface area contributed by atoms with E-state index < -0.39 is 0 Å². The van der Waals surface area contributed by atoms with Gasteiger partial charge >= 0.3 is 0 Å². The highest BCUT2D eigenvalue weighted by Crippen LogP contribution is 2.15. The van der Waals surface area contributed by atoms with Crippen LogP contribution >= 0.6 is 27.5 Å². The zero-order chi connectivity index (χ0) is 11.1. The van der Waals surface area contributed by atoms with Gasteiger partial charge in [0.05, 0.1) is 0 Å². The van der Waals surface area contributed by atoms with E-state index in [2.05, 4.69) is 34.2 Å². The Hall–Kier alpha value is -0.0500. The van der Waals surface area contributed by atoms with E-state index in [0.717, 1.165) is 29.7 Å². The Kier molecular flexibility index (Phi) is 6.30. The van der Waals surface area contributed by atoms with Gasteiger partial charge in [-0.05, 0) is 24.5 Å². The summed E-state index contributed by atoms with van der Waals surface area (Å²) in [4.78, 5) is 0. The predicted molar refractivity (Wildman–Crippen MR) is 70.8 cm³/mol. The van der Waals surface area contributed by atoms with Gasteiger partial charge in [-0.15, -0.1) is 0 Å². The molecule has 1 nitrogen and oxygen atoms in total. The highest BCUT2D eigenvalue weighted by atomic mass is 79.9. The van der Waals surface area contributed by atoms with Crippen LogP contribution in [0.2, 0.25) is 5.02 Å². The maximum Gasteiger partial charge on any atom is 0.0450 e. The fraction of sp³-hybridized carbons (Fsp3) is 0.500. The molecule has 15 heavy (non-hydrogen) atoms. The monoisotopic (exact) mass is 289 g/mol. The Balaban J connectivity index is 2.45. The lowest BCUT2D eigenvalue weighted by molar-refractivity contribution is 0.488. The molecule has 1 N–H and O–H groups in total. The molecule has 1 rings (SSSR count). The number of alkyl halides is 1. The van der Waals surface area contributed by atoms with Crippen molar-refractivity contribution in [2.75, 3.05) is 5.33 Å². The zero-order valence-electron chi connectivity index (χ0n) is 8.97. The molecule has 84 valence electrons. The summed E-state index contributed by atoms with van der Waals surface area (Å²) < 4.78 is 0. The van der Waals surface area contributed by atoms with Gasteiger partial charge in [-0.2, -0.15) is 0 Å². The van der Waals surface area contributed by atoms with E-state index in [1.54, 1.807) is 0 Å². The third-order valence-corrected chi connectivity index (χ3v) is 3.32. The molecule has 0 aliphatic heterocycles. The van der Waals surface area contributed by atoms with E-state index in [4.69, 9.17) is 11.6 Å². The molecule has 0 aromatic heterocycles. The number of benzene rings is 1. The fourth-order valence-electron chi connectivity index (χ4n) is 1.48. The van der Waals surface area contributed by atoms with Gasteiger partial charge in [-0.25, -0.2) is 0 Å². The molecule has 1 unspecified atom stereocenters. The van der Waals surface area contributed by atoms with Gasteiger partial charge in [0.1, 0.15) is 0 Å². The molecule has 0 radical (unpaired) electrons. The number of hydrogen-bond donors (Lipinski definition) is 1. The van der Waals surface area contributed by atoms with Crippen molar-refractivity contribution in [2.45, 2.75) is 32.4 Å². The minimum absolute atomic E-state index is 0.570. The van der Waals surface area contributed by atoms with Crippen molar-refractivity contribution in [2.24, 2.45) is 0 Å². The summed E-state index contributed by atoms with van der Waals surface area (Å²) in [5.74, 6) is 0. The minimum atomic E-state index is 0.570. The molecule has 0 fully saturated rings. The van der Waals surface area contributed by atoms with Gasteiger partial charge in [0.15, 0.2) is 0 Å². The summed E-state index contributed by atoms with van der Waals surface area (Å²) in [6, 6.07) is 8.55. The second kappa shape index (κ2) is 7.26. The summed E-state index contributed by atoms with van der Waals surface area (Å²) in [6.45, 7) is 3.05. The molecule has 3 heteroatoms. The molecule has 0 bridgehead atoms. The van der Waals surface area contributed by atoms with Crippen molar-refractivity contribution in [3.63, 3.8) is 0 Å². The molecule has 0 saturated heterocycles. The number of hydrogen-bond acceptors (Lipinski definition) is 1. The van der Waals surface area contributed by atoms with Crippen LogP contribution in [0.3, 0.4) is 0 Å². The van der Waals surface area contributed by atoms with Crippen LogP contribution in [0.4, 0.5) is 0 Å². The Bertz CT molecular complexity index is 291. The Morgan fingerprint density at radius 2 is 2.13 bits per heavy atom. The van der Waals surface area contributed by atoms with Crippen LogP contribution in [0, 0.1) is 0 Å². The van der Waals surface area contributed by atoms with Crippen LogP contribution < -0.4 is 5.32 Å². The van der Waals surface area contributed by atoms with Gasteiger partial charge in [-0.1, -0.05) is 52.7 Å². The molecule has 1 aromatic carbocycles. The molecule has 0 amide bonds. The van der Waals surface area contributed by atoms with Gasteiger partial charge < -0.3 is 5.32 Å². The van der Waals surface area contributed by atoms with E-state index in [-0.39, 0.29) is 0 Å². The smallest absolute Gasteiger partial charge is 0.0450 e. The quantitative estimate of drug-likeness (QED) is 0.781. The van der Waals surface area contributed by atoms with Crippen LogP contribution in [0.5, 0.6) is 0 Å². The summed E-state index contributed by atoms with van der Waals surface area (Å²) in [7, 11) is 0. The number of halogens is 2. The van der Waals surface area contributed by atoms with E-state index in [0.29, 0.717) is 6.04 Å². The first-order valence-corrected chi connectivity index (χ1v) is 6.80. The normalized spacial score (nSPS) is 12.7. The molecular formula is C12H17BrClN. The lowest BCUT2D eigenvalue weighted by atomic mass is 10.1. The van der Waals surface area contributed by atoms with Crippen LogP contribution in [-0.4, -0.2) is 11.4 Å². The van der Waals surface area contributed by atoms with Crippen LogP contribution in [0.15, 0.2) is 24.3 Å². The third-order valence-electron chi connectivity index (χ3n) is 2.49. The molecule has 0 aliphatic rings. The van der Waals surface area contributed by atoms with Crippen LogP contribution in [0.1, 0.15) is 25.3 Å². The molecule has 0 aliphatic carbocycles. The second-order valence-corrected chi connectivity index (χ2v) is 4.76. The van der Waals surface area contributed by atoms with Crippen LogP contribution in [-0.2, 0) is 6.54 Å². The lowest BCUT2D eigenvalue weighted by Crippen LogP contribution is -2.28. The van der Waals surface area contributed by atoms with Crippen molar-refractivity contribution in [1.82, 2.24) is 5.32 Å². The van der Waals surface area contributed by atoms with Gasteiger partial charge in [0, 0.05) is 22.9 Å². The molecule has 0 spiro atoms. The van der Waals surface area contributed by atoms with Crippen LogP contribution in [0.25, 0.3) is 0 Å².